The average molecular weight is 336 g/mol. The average Bonchev–Trinajstić information content (AvgIpc) is 2.98. The van der Waals surface area contributed by atoms with E-state index in [1.54, 1.807) is 11.0 Å². The lowest BCUT2D eigenvalue weighted by atomic mass is 9.78. The number of carbonyl (C=O) groups is 2. The highest BCUT2D eigenvalue weighted by Gasteiger charge is 2.50. The molecular weight excluding hydrogens is 316 g/mol. The number of carbonyl (C=O) groups excluding carboxylic acids is 2. The molecule has 0 N–H and O–H groups in total. The van der Waals surface area contributed by atoms with Crippen LogP contribution in [0.15, 0.2) is 48.8 Å². The molecule has 2 aliphatic rings. The number of hydrogen-bond donors (Lipinski definition) is 0. The van der Waals surface area contributed by atoms with Crippen LogP contribution in [0.4, 0.5) is 5.69 Å². The Balaban J connectivity index is 1.55. The van der Waals surface area contributed by atoms with Crippen LogP contribution in [0.3, 0.4) is 0 Å². The standard InChI is InChI=1S/C19H20N4O2/c24-17(15-7-10-20-21-13-15)22-11-4-8-19(14-22)9-12-23(18(19)25)16-5-2-1-3-6-16/h1-3,5-7,10,13H,4,8-9,11-12,14H2/t19-/m0/s1. The maximum absolute atomic E-state index is 13.2. The summed E-state index contributed by atoms with van der Waals surface area (Å²) in [4.78, 5) is 29.5. The summed E-state index contributed by atoms with van der Waals surface area (Å²) in [5.74, 6) is 0.0731. The van der Waals surface area contributed by atoms with Crippen molar-refractivity contribution in [2.45, 2.75) is 19.3 Å². The quantitative estimate of drug-likeness (QED) is 0.843. The van der Waals surface area contributed by atoms with Crippen molar-refractivity contribution in [3.05, 3.63) is 54.4 Å². The number of aromatic nitrogens is 2. The highest BCUT2D eigenvalue weighted by atomic mass is 16.2. The Kier molecular flexibility index (Phi) is 3.95. The second kappa shape index (κ2) is 6.27. The van der Waals surface area contributed by atoms with Gasteiger partial charge in [-0.3, -0.25) is 9.59 Å². The van der Waals surface area contributed by atoms with Crippen LogP contribution in [-0.4, -0.2) is 46.5 Å². The van der Waals surface area contributed by atoms with Crippen molar-refractivity contribution < 1.29 is 9.59 Å². The lowest BCUT2D eigenvalue weighted by Gasteiger charge is -2.39. The highest BCUT2D eigenvalue weighted by molar-refractivity contribution is 6.01. The number of amides is 2. The summed E-state index contributed by atoms with van der Waals surface area (Å²) in [6.45, 7) is 1.87. The zero-order chi connectivity index (χ0) is 17.3. The Hall–Kier alpha value is -2.76. The zero-order valence-corrected chi connectivity index (χ0v) is 14.0. The van der Waals surface area contributed by atoms with E-state index in [9.17, 15) is 9.59 Å². The number of hydrogen-bond acceptors (Lipinski definition) is 4. The van der Waals surface area contributed by atoms with E-state index >= 15 is 0 Å². The molecule has 3 heterocycles. The molecule has 6 nitrogen and oxygen atoms in total. The van der Waals surface area contributed by atoms with Crippen LogP contribution < -0.4 is 4.90 Å². The Morgan fingerprint density at radius 1 is 1.04 bits per heavy atom. The van der Waals surface area contributed by atoms with E-state index in [0.717, 1.165) is 24.9 Å². The summed E-state index contributed by atoms with van der Waals surface area (Å²) in [6, 6.07) is 11.4. The first-order chi connectivity index (χ1) is 12.2. The lowest BCUT2D eigenvalue weighted by Crippen LogP contribution is -2.50. The molecule has 2 amide bonds. The minimum absolute atomic E-state index is 0.0695. The Morgan fingerprint density at radius 3 is 2.64 bits per heavy atom. The molecule has 1 atom stereocenters. The third kappa shape index (κ3) is 2.77. The first kappa shape index (κ1) is 15.7. The monoisotopic (exact) mass is 336 g/mol. The molecule has 1 aromatic carbocycles. The molecule has 1 spiro atoms. The number of likely N-dealkylation sites (tertiary alicyclic amines) is 1. The molecule has 6 heteroatoms. The lowest BCUT2D eigenvalue weighted by molar-refractivity contribution is -0.127. The minimum atomic E-state index is -0.454. The number of para-hydroxylation sites is 1. The molecule has 0 unspecified atom stereocenters. The van der Waals surface area contributed by atoms with E-state index in [1.165, 1.54) is 12.4 Å². The van der Waals surface area contributed by atoms with Gasteiger partial charge in [0.05, 0.1) is 23.4 Å². The van der Waals surface area contributed by atoms with Gasteiger partial charge in [-0.25, -0.2) is 0 Å². The summed E-state index contributed by atoms with van der Waals surface area (Å²) in [7, 11) is 0. The van der Waals surface area contributed by atoms with Gasteiger partial charge in [0.1, 0.15) is 0 Å². The predicted molar refractivity (Wildman–Crippen MR) is 93.0 cm³/mol. The SMILES string of the molecule is O=C(c1ccnnc1)N1CCC[C@]2(CCN(c3ccccc3)C2=O)C1. The van der Waals surface area contributed by atoms with Crippen molar-refractivity contribution in [2.24, 2.45) is 5.41 Å². The summed E-state index contributed by atoms with van der Waals surface area (Å²) >= 11 is 0. The fourth-order valence-electron chi connectivity index (χ4n) is 3.96. The molecule has 128 valence electrons. The van der Waals surface area contributed by atoms with E-state index in [1.807, 2.05) is 35.2 Å². The first-order valence-electron chi connectivity index (χ1n) is 8.63. The Labute approximate surface area is 146 Å². The summed E-state index contributed by atoms with van der Waals surface area (Å²) < 4.78 is 0. The molecule has 2 aliphatic heterocycles. The molecule has 25 heavy (non-hydrogen) atoms. The molecular formula is C19H20N4O2. The highest BCUT2D eigenvalue weighted by Crippen LogP contribution is 2.42. The van der Waals surface area contributed by atoms with E-state index < -0.39 is 5.41 Å². The van der Waals surface area contributed by atoms with Gasteiger partial charge in [-0.15, -0.1) is 0 Å². The van der Waals surface area contributed by atoms with Gasteiger partial charge >= 0.3 is 0 Å². The van der Waals surface area contributed by atoms with Crippen molar-refractivity contribution in [3.8, 4) is 0 Å². The Bertz CT molecular complexity index is 781. The number of benzene rings is 1. The number of anilines is 1. The summed E-state index contributed by atoms with van der Waals surface area (Å²) in [5.41, 5.74) is 1.01. The van der Waals surface area contributed by atoms with E-state index in [2.05, 4.69) is 10.2 Å². The molecule has 0 saturated carbocycles. The van der Waals surface area contributed by atoms with Gasteiger partial charge in [0.25, 0.3) is 5.91 Å². The maximum atomic E-state index is 13.2. The van der Waals surface area contributed by atoms with Crippen LogP contribution in [0.25, 0.3) is 0 Å². The Morgan fingerprint density at radius 2 is 1.88 bits per heavy atom. The second-order valence-corrected chi connectivity index (χ2v) is 6.78. The molecule has 2 fully saturated rings. The molecule has 0 aliphatic carbocycles. The second-order valence-electron chi connectivity index (χ2n) is 6.78. The van der Waals surface area contributed by atoms with Gasteiger partial charge in [-0.1, -0.05) is 18.2 Å². The van der Waals surface area contributed by atoms with Crippen molar-refractivity contribution in [3.63, 3.8) is 0 Å². The van der Waals surface area contributed by atoms with Gasteiger partial charge in [0.2, 0.25) is 5.91 Å². The number of piperidine rings is 1. The molecule has 2 saturated heterocycles. The number of nitrogens with zero attached hydrogens (tertiary/aromatic N) is 4. The molecule has 1 aromatic heterocycles. The van der Waals surface area contributed by atoms with Crippen LogP contribution >= 0.6 is 0 Å². The molecule has 0 radical (unpaired) electrons. The van der Waals surface area contributed by atoms with Gasteiger partial charge in [0.15, 0.2) is 0 Å². The zero-order valence-electron chi connectivity index (χ0n) is 14.0. The smallest absolute Gasteiger partial charge is 0.255 e. The fourth-order valence-corrected chi connectivity index (χ4v) is 3.96. The van der Waals surface area contributed by atoms with Crippen molar-refractivity contribution in [2.75, 3.05) is 24.5 Å². The molecule has 0 bridgehead atoms. The molecule has 4 rings (SSSR count). The van der Waals surface area contributed by atoms with Gasteiger partial charge in [0, 0.05) is 25.3 Å². The maximum Gasteiger partial charge on any atom is 0.255 e. The van der Waals surface area contributed by atoms with E-state index in [0.29, 0.717) is 25.2 Å². The first-order valence-corrected chi connectivity index (χ1v) is 8.63. The van der Waals surface area contributed by atoms with Crippen LogP contribution in [0.5, 0.6) is 0 Å². The summed E-state index contributed by atoms with van der Waals surface area (Å²) in [6.07, 6.45) is 5.48. The topological polar surface area (TPSA) is 66.4 Å². The van der Waals surface area contributed by atoms with Crippen molar-refractivity contribution >= 4 is 17.5 Å². The van der Waals surface area contributed by atoms with E-state index in [-0.39, 0.29) is 11.8 Å². The fraction of sp³-hybridized carbons (Fsp3) is 0.368. The third-order valence-corrected chi connectivity index (χ3v) is 5.28. The van der Waals surface area contributed by atoms with E-state index in [4.69, 9.17) is 0 Å². The predicted octanol–water partition coefficient (Wildman–Crippen LogP) is 2.14. The van der Waals surface area contributed by atoms with Crippen molar-refractivity contribution in [1.82, 2.24) is 15.1 Å². The normalized spacial score (nSPS) is 23.3. The van der Waals surface area contributed by atoms with Gasteiger partial charge in [-0.05, 0) is 37.5 Å². The van der Waals surface area contributed by atoms with Crippen LogP contribution in [0.2, 0.25) is 0 Å². The van der Waals surface area contributed by atoms with Crippen LogP contribution in [-0.2, 0) is 4.79 Å². The summed E-state index contributed by atoms with van der Waals surface area (Å²) in [5, 5.41) is 7.50. The van der Waals surface area contributed by atoms with Crippen LogP contribution in [0, 0.1) is 5.41 Å². The van der Waals surface area contributed by atoms with Gasteiger partial charge in [-0.2, -0.15) is 10.2 Å². The largest absolute Gasteiger partial charge is 0.338 e. The van der Waals surface area contributed by atoms with Crippen molar-refractivity contribution in [1.29, 1.82) is 0 Å². The van der Waals surface area contributed by atoms with Gasteiger partial charge < -0.3 is 9.80 Å². The molecule has 2 aromatic rings. The van der Waals surface area contributed by atoms with Crippen LogP contribution in [0.1, 0.15) is 29.6 Å². The minimum Gasteiger partial charge on any atom is -0.338 e. The number of rotatable bonds is 2. The third-order valence-electron chi connectivity index (χ3n) is 5.28.